The molecule has 0 saturated carbocycles. The molecular formula is C33H47NO13. The van der Waals surface area contributed by atoms with Crippen molar-refractivity contribution in [1.82, 2.24) is 0 Å². The number of cyclic esters (lactones) is 1. The number of carboxylic acid groups (broad SMARTS) is 1. The Bertz CT molecular complexity index is 1200. The zero-order chi connectivity index (χ0) is 34.7. The van der Waals surface area contributed by atoms with Gasteiger partial charge in [0.05, 0.1) is 48.8 Å². The third kappa shape index (κ3) is 12.5. The zero-order valence-electron chi connectivity index (χ0n) is 26.4. The van der Waals surface area contributed by atoms with E-state index in [1.165, 1.54) is 25.2 Å². The number of carboxylic acids is 1. The van der Waals surface area contributed by atoms with E-state index in [1.54, 1.807) is 43.4 Å². The van der Waals surface area contributed by atoms with E-state index >= 15 is 0 Å². The molecule has 0 aliphatic carbocycles. The largest absolute Gasteiger partial charge is 0.481 e. The van der Waals surface area contributed by atoms with Gasteiger partial charge in [-0.2, -0.15) is 0 Å². The number of fused-ring (bicyclic) bond motifs is 1. The number of rotatable bonds is 3. The second kappa shape index (κ2) is 18.5. The van der Waals surface area contributed by atoms with Crippen LogP contribution in [0.1, 0.15) is 46.0 Å². The van der Waals surface area contributed by atoms with Crippen molar-refractivity contribution in [2.24, 2.45) is 11.7 Å². The lowest BCUT2D eigenvalue weighted by Gasteiger charge is -2.41. The highest BCUT2D eigenvalue weighted by molar-refractivity contribution is 5.82. The van der Waals surface area contributed by atoms with Crippen LogP contribution in [0.15, 0.2) is 60.8 Å². The molecule has 0 amide bonds. The lowest BCUT2D eigenvalue weighted by molar-refractivity contribution is -0.277. The summed E-state index contributed by atoms with van der Waals surface area (Å²) in [6.07, 6.45) is 3.57. The van der Waals surface area contributed by atoms with Crippen LogP contribution in [0.5, 0.6) is 0 Å². The SMILES string of the molecule is CC1CC=CC=CC=CC=CC(OC2OC(C)C(O)C(N)C2O)CC(O)C(C(=O)O)C(O)CC(=O)CC(O)CC2OC2C=CC(=O)O1. The van der Waals surface area contributed by atoms with Crippen LogP contribution in [0.2, 0.25) is 0 Å². The van der Waals surface area contributed by atoms with E-state index in [0.717, 1.165) is 0 Å². The number of allylic oxidation sites excluding steroid dienone is 6. The fraction of sp³-hybridized carbons (Fsp3) is 0.606. The Labute approximate surface area is 273 Å². The number of carbonyl (C=O) groups is 3. The summed E-state index contributed by atoms with van der Waals surface area (Å²) in [6.45, 7) is 3.29. The Balaban J connectivity index is 1.79. The van der Waals surface area contributed by atoms with E-state index in [2.05, 4.69) is 0 Å². The average molecular weight is 666 g/mol. The molecule has 0 aromatic rings. The molecule has 13 atom stereocenters. The number of hydrogen-bond donors (Lipinski definition) is 7. The molecule has 3 heterocycles. The lowest BCUT2D eigenvalue weighted by atomic mass is 9.88. The van der Waals surface area contributed by atoms with Crippen LogP contribution in [0.25, 0.3) is 0 Å². The number of carbonyl (C=O) groups excluding carboxylic acids is 2. The summed E-state index contributed by atoms with van der Waals surface area (Å²) in [5.74, 6) is -4.54. The van der Waals surface area contributed by atoms with Crippen molar-refractivity contribution in [3.8, 4) is 0 Å². The number of nitrogens with two attached hydrogens (primary N) is 1. The molecule has 0 spiro atoms. The Morgan fingerprint density at radius 3 is 2.26 bits per heavy atom. The van der Waals surface area contributed by atoms with Gasteiger partial charge in [0.1, 0.15) is 30.0 Å². The van der Waals surface area contributed by atoms with Gasteiger partial charge in [0.2, 0.25) is 0 Å². The Morgan fingerprint density at radius 2 is 1.55 bits per heavy atom. The van der Waals surface area contributed by atoms with Crippen LogP contribution in [-0.4, -0.2) is 122 Å². The van der Waals surface area contributed by atoms with Crippen LogP contribution >= 0.6 is 0 Å². The molecule has 3 aliphatic heterocycles. The average Bonchev–Trinajstić information content (AvgIpc) is 3.72. The van der Waals surface area contributed by atoms with Gasteiger partial charge in [0.25, 0.3) is 0 Å². The Kier molecular flexibility index (Phi) is 15.1. The van der Waals surface area contributed by atoms with E-state index in [-0.39, 0.29) is 25.4 Å². The Hall–Kier alpha value is -3.05. The molecule has 14 nitrogen and oxygen atoms in total. The summed E-state index contributed by atoms with van der Waals surface area (Å²) in [4.78, 5) is 36.9. The molecule has 47 heavy (non-hydrogen) atoms. The van der Waals surface area contributed by atoms with Crippen molar-refractivity contribution in [1.29, 1.82) is 0 Å². The molecule has 8 N–H and O–H groups in total. The molecule has 2 saturated heterocycles. The minimum Gasteiger partial charge on any atom is -0.481 e. The smallest absolute Gasteiger partial charge is 0.330 e. The second-order valence-corrected chi connectivity index (χ2v) is 12.1. The van der Waals surface area contributed by atoms with E-state index in [4.69, 9.17) is 24.7 Å². The molecule has 14 heteroatoms. The number of epoxide rings is 1. The lowest BCUT2D eigenvalue weighted by Crippen LogP contribution is -2.61. The number of aliphatic hydroxyl groups excluding tert-OH is 5. The zero-order valence-corrected chi connectivity index (χ0v) is 26.4. The summed E-state index contributed by atoms with van der Waals surface area (Å²) < 4.78 is 22.2. The maximum absolute atomic E-state index is 12.6. The summed E-state index contributed by atoms with van der Waals surface area (Å²) >= 11 is 0. The Morgan fingerprint density at radius 1 is 0.872 bits per heavy atom. The predicted octanol–water partition coefficient (Wildman–Crippen LogP) is -0.0377. The van der Waals surface area contributed by atoms with Crippen molar-refractivity contribution < 1.29 is 64.0 Å². The minimum absolute atomic E-state index is 0.0692. The number of Topliss-reactive ketones (excluding diaryl/α,β-unsaturated/α-hetero) is 1. The minimum atomic E-state index is -1.80. The fourth-order valence-electron chi connectivity index (χ4n) is 5.33. The van der Waals surface area contributed by atoms with Crippen LogP contribution in [0, 0.1) is 5.92 Å². The van der Waals surface area contributed by atoms with Crippen LogP contribution in [0.3, 0.4) is 0 Å². The van der Waals surface area contributed by atoms with Crippen molar-refractivity contribution >= 4 is 17.7 Å². The molecule has 262 valence electrons. The highest BCUT2D eigenvalue weighted by Gasteiger charge is 2.43. The van der Waals surface area contributed by atoms with E-state index in [1.807, 2.05) is 6.08 Å². The van der Waals surface area contributed by atoms with Crippen molar-refractivity contribution in [2.45, 2.75) is 119 Å². The molecule has 0 radical (unpaired) electrons. The standard InChI is InChI=1S/C33H47NO13/c1-18-10-8-6-4-3-5-7-9-11-22(46-33-31(41)29(34)30(40)19(2)45-33)17-24(38)28(32(42)43)23(37)15-20(35)14-21(36)16-26-25(47-26)12-13-27(39)44-18/h3-9,11-13,18-19,21-26,28-31,33,36-38,40-41H,10,14-17,34H2,1-2H3,(H,42,43). The molecule has 3 aliphatic rings. The van der Waals surface area contributed by atoms with E-state index in [0.29, 0.717) is 6.42 Å². The number of hydrogen-bond acceptors (Lipinski definition) is 13. The van der Waals surface area contributed by atoms with Gasteiger partial charge in [0.15, 0.2) is 6.29 Å². The number of ketones is 1. The normalized spacial score (nSPS) is 40.0. The van der Waals surface area contributed by atoms with Crippen LogP contribution < -0.4 is 5.73 Å². The number of aliphatic carboxylic acids is 1. The van der Waals surface area contributed by atoms with Crippen molar-refractivity contribution in [3.63, 3.8) is 0 Å². The van der Waals surface area contributed by atoms with Gasteiger partial charge >= 0.3 is 11.9 Å². The second-order valence-electron chi connectivity index (χ2n) is 12.1. The molecule has 0 aromatic carbocycles. The quantitative estimate of drug-likeness (QED) is 0.155. The molecular weight excluding hydrogens is 618 g/mol. The summed E-state index contributed by atoms with van der Waals surface area (Å²) in [5, 5.41) is 62.6. The monoisotopic (exact) mass is 665 g/mol. The maximum atomic E-state index is 12.6. The molecule has 0 aromatic heterocycles. The first kappa shape index (κ1) is 38.4. The maximum Gasteiger partial charge on any atom is 0.330 e. The molecule has 3 rings (SSSR count). The first-order valence-corrected chi connectivity index (χ1v) is 15.7. The predicted molar refractivity (Wildman–Crippen MR) is 166 cm³/mol. The van der Waals surface area contributed by atoms with Gasteiger partial charge in [-0.15, -0.1) is 0 Å². The van der Waals surface area contributed by atoms with Crippen molar-refractivity contribution in [2.75, 3.05) is 0 Å². The van der Waals surface area contributed by atoms with Gasteiger partial charge < -0.3 is 55.3 Å². The van der Waals surface area contributed by atoms with Gasteiger partial charge in [-0.3, -0.25) is 9.59 Å². The first-order chi connectivity index (χ1) is 22.3. The van der Waals surface area contributed by atoms with Gasteiger partial charge in [0, 0.05) is 38.2 Å². The number of aliphatic hydroxyl groups is 5. The third-order valence-corrected chi connectivity index (χ3v) is 8.05. The summed E-state index contributed by atoms with van der Waals surface area (Å²) in [5.41, 5.74) is 5.91. The molecule has 2 fully saturated rings. The van der Waals surface area contributed by atoms with Crippen molar-refractivity contribution in [3.05, 3.63) is 60.8 Å². The van der Waals surface area contributed by atoms with Gasteiger partial charge in [-0.1, -0.05) is 48.6 Å². The topological polar surface area (TPSA) is 239 Å². The highest BCUT2D eigenvalue weighted by Crippen LogP contribution is 2.29. The highest BCUT2D eigenvalue weighted by atomic mass is 16.7. The van der Waals surface area contributed by atoms with E-state index in [9.17, 15) is 45.0 Å². The van der Waals surface area contributed by atoms with Gasteiger partial charge in [-0.05, 0) is 19.9 Å². The third-order valence-electron chi connectivity index (χ3n) is 8.05. The van der Waals surface area contributed by atoms with Crippen LogP contribution in [0.4, 0.5) is 0 Å². The van der Waals surface area contributed by atoms with E-state index < -0.39 is 97.3 Å². The number of esters is 1. The fourth-order valence-corrected chi connectivity index (χ4v) is 5.33. The van der Waals surface area contributed by atoms with Gasteiger partial charge in [-0.25, -0.2) is 4.79 Å². The summed E-state index contributed by atoms with van der Waals surface area (Å²) in [6, 6.07) is -1.10. The van der Waals surface area contributed by atoms with Crippen LogP contribution in [-0.2, 0) is 33.3 Å². The molecule has 13 unspecified atom stereocenters. The summed E-state index contributed by atoms with van der Waals surface area (Å²) in [7, 11) is 0. The molecule has 0 bridgehead atoms. The number of ether oxygens (including phenoxy) is 4. The first-order valence-electron chi connectivity index (χ1n) is 15.7.